The number of benzene rings is 1. The Hall–Kier alpha value is -1.70. The molecule has 1 fully saturated rings. The van der Waals surface area contributed by atoms with Gasteiger partial charge in [0.25, 0.3) is 0 Å². The minimum Gasteiger partial charge on any atom is -0.473 e. The standard InChI is InChI=1S/C16H18ClN3O3S/c17-12-1-7-15(8-2-12)24(21,22)20-13-3-5-14(6-4-13)23-16-11-18-9-10-19-16/h1-2,7-11,13-14,20H,3-6H2. The van der Waals surface area contributed by atoms with E-state index < -0.39 is 10.0 Å². The van der Waals surface area contributed by atoms with Crippen LogP contribution in [0.5, 0.6) is 5.88 Å². The number of sulfonamides is 1. The predicted octanol–water partition coefficient (Wildman–Crippen LogP) is 2.80. The van der Waals surface area contributed by atoms with Gasteiger partial charge in [-0.25, -0.2) is 18.1 Å². The van der Waals surface area contributed by atoms with Crippen LogP contribution >= 0.6 is 11.6 Å². The molecule has 8 heteroatoms. The molecular formula is C16H18ClN3O3S. The van der Waals surface area contributed by atoms with Crippen LogP contribution in [0.15, 0.2) is 47.8 Å². The third-order valence-corrected chi connectivity index (χ3v) is 5.74. The van der Waals surface area contributed by atoms with Crippen molar-refractivity contribution in [2.75, 3.05) is 0 Å². The van der Waals surface area contributed by atoms with E-state index in [-0.39, 0.29) is 17.0 Å². The van der Waals surface area contributed by atoms with Gasteiger partial charge < -0.3 is 4.74 Å². The Kier molecular flexibility index (Phi) is 5.33. The molecular weight excluding hydrogens is 350 g/mol. The van der Waals surface area contributed by atoms with Crippen molar-refractivity contribution in [1.82, 2.24) is 14.7 Å². The van der Waals surface area contributed by atoms with Gasteiger partial charge in [0.15, 0.2) is 0 Å². The number of halogens is 1. The largest absolute Gasteiger partial charge is 0.473 e. The van der Waals surface area contributed by atoms with Crippen molar-refractivity contribution in [2.45, 2.75) is 42.7 Å². The molecule has 0 unspecified atom stereocenters. The highest BCUT2D eigenvalue weighted by Gasteiger charge is 2.26. The van der Waals surface area contributed by atoms with Gasteiger partial charge in [0.05, 0.1) is 11.1 Å². The van der Waals surface area contributed by atoms with E-state index in [1.165, 1.54) is 12.1 Å². The number of ether oxygens (including phenoxy) is 1. The number of aromatic nitrogens is 2. The summed E-state index contributed by atoms with van der Waals surface area (Å²) in [7, 11) is -3.52. The number of hydrogen-bond donors (Lipinski definition) is 1. The van der Waals surface area contributed by atoms with Crippen LogP contribution < -0.4 is 9.46 Å². The van der Waals surface area contributed by atoms with Crippen LogP contribution in [-0.2, 0) is 10.0 Å². The maximum Gasteiger partial charge on any atom is 0.240 e. The first-order chi connectivity index (χ1) is 11.5. The van der Waals surface area contributed by atoms with E-state index in [1.807, 2.05) is 0 Å². The fourth-order valence-corrected chi connectivity index (χ4v) is 4.15. The molecule has 128 valence electrons. The van der Waals surface area contributed by atoms with E-state index in [1.54, 1.807) is 30.7 Å². The molecule has 1 aliphatic rings. The van der Waals surface area contributed by atoms with Crippen LogP contribution in [0.3, 0.4) is 0 Å². The van der Waals surface area contributed by atoms with Crippen LogP contribution in [0.25, 0.3) is 0 Å². The van der Waals surface area contributed by atoms with Crippen molar-refractivity contribution in [1.29, 1.82) is 0 Å². The highest BCUT2D eigenvalue weighted by molar-refractivity contribution is 7.89. The molecule has 1 aliphatic carbocycles. The van der Waals surface area contributed by atoms with Crippen LogP contribution in [0, 0.1) is 0 Å². The zero-order valence-electron chi connectivity index (χ0n) is 12.9. The molecule has 1 N–H and O–H groups in total. The summed E-state index contributed by atoms with van der Waals surface area (Å²) in [5.41, 5.74) is 0. The van der Waals surface area contributed by atoms with Crippen LogP contribution in [0.2, 0.25) is 5.02 Å². The first-order valence-corrected chi connectivity index (χ1v) is 9.59. The van der Waals surface area contributed by atoms with E-state index in [9.17, 15) is 8.42 Å². The summed E-state index contributed by atoms with van der Waals surface area (Å²) in [5, 5.41) is 0.510. The molecule has 1 saturated carbocycles. The zero-order valence-corrected chi connectivity index (χ0v) is 14.5. The van der Waals surface area contributed by atoms with Crippen molar-refractivity contribution in [2.24, 2.45) is 0 Å². The van der Waals surface area contributed by atoms with E-state index in [0.717, 1.165) is 25.7 Å². The lowest BCUT2D eigenvalue weighted by Gasteiger charge is -2.28. The zero-order chi connectivity index (χ0) is 17.0. The molecule has 0 aliphatic heterocycles. The Morgan fingerprint density at radius 3 is 2.42 bits per heavy atom. The molecule has 0 bridgehead atoms. The fraction of sp³-hybridized carbons (Fsp3) is 0.375. The minimum absolute atomic E-state index is 0.0398. The Morgan fingerprint density at radius 1 is 1.08 bits per heavy atom. The lowest BCUT2D eigenvalue weighted by atomic mass is 9.94. The van der Waals surface area contributed by atoms with Crippen molar-refractivity contribution in [3.63, 3.8) is 0 Å². The summed E-state index contributed by atoms with van der Waals surface area (Å²) in [6.45, 7) is 0. The first kappa shape index (κ1) is 17.1. The van der Waals surface area contributed by atoms with Gasteiger partial charge in [0.2, 0.25) is 15.9 Å². The topological polar surface area (TPSA) is 81.2 Å². The molecule has 3 rings (SSSR count). The fourth-order valence-electron chi connectivity index (χ4n) is 2.72. The summed E-state index contributed by atoms with van der Waals surface area (Å²) in [6.07, 6.45) is 7.77. The second-order valence-electron chi connectivity index (χ2n) is 5.71. The Bertz CT molecular complexity index is 761. The van der Waals surface area contributed by atoms with E-state index in [0.29, 0.717) is 10.9 Å². The van der Waals surface area contributed by atoms with Crippen LogP contribution in [0.4, 0.5) is 0 Å². The van der Waals surface area contributed by atoms with Crippen molar-refractivity contribution in [3.05, 3.63) is 47.9 Å². The lowest BCUT2D eigenvalue weighted by Crippen LogP contribution is -2.39. The van der Waals surface area contributed by atoms with E-state index in [4.69, 9.17) is 16.3 Å². The van der Waals surface area contributed by atoms with E-state index >= 15 is 0 Å². The molecule has 6 nitrogen and oxygen atoms in total. The molecule has 2 aromatic rings. The number of rotatable bonds is 5. The Balaban J connectivity index is 1.54. The lowest BCUT2D eigenvalue weighted by molar-refractivity contribution is 0.138. The molecule has 24 heavy (non-hydrogen) atoms. The van der Waals surface area contributed by atoms with Crippen molar-refractivity contribution < 1.29 is 13.2 Å². The second kappa shape index (κ2) is 7.46. The molecule has 1 aromatic heterocycles. The van der Waals surface area contributed by atoms with Crippen LogP contribution in [-0.4, -0.2) is 30.5 Å². The average molecular weight is 368 g/mol. The summed E-state index contributed by atoms with van der Waals surface area (Å²) in [6, 6.07) is 6.07. The first-order valence-electron chi connectivity index (χ1n) is 7.73. The molecule has 1 heterocycles. The Morgan fingerprint density at radius 2 is 1.79 bits per heavy atom. The molecule has 0 saturated heterocycles. The van der Waals surface area contributed by atoms with Gasteiger partial charge in [-0.05, 0) is 49.9 Å². The van der Waals surface area contributed by atoms with Gasteiger partial charge in [0.1, 0.15) is 6.10 Å². The van der Waals surface area contributed by atoms with Gasteiger partial charge in [-0.15, -0.1) is 0 Å². The van der Waals surface area contributed by atoms with Gasteiger partial charge in [0, 0.05) is 23.5 Å². The summed E-state index contributed by atoms with van der Waals surface area (Å²) < 4.78 is 33.3. The van der Waals surface area contributed by atoms with Gasteiger partial charge >= 0.3 is 0 Å². The average Bonchev–Trinajstić information content (AvgIpc) is 2.58. The number of nitrogens with one attached hydrogen (secondary N) is 1. The third kappa shape index (κ3) is 4.43. The summed E-state index contributed by atoms with van der Waals surface area (Å²) in [5.74, 6) is 0.502. The number of hydrogen-bond acceptors (Lipinski definition) is 5. The summed E-state index contributed by atoms with van der Waals surface area (Å²) >= 11 is 5.80. The van der Waals surface area contributed by atoms with Crippen molar-refractivity contribution in [3.8, 4) is 5.88 Å². The van der Waals surface area contributed by atoms with Gasteiger partial charge in [-0.3, -0.25) is 4.98 Å². The summed E-state index contributed by atoms with van der Waals surface area (Å²) in [4.78, 5) is 8.28. The van der Waals surface area contributed by atoms with Crippen molar-refractivity contribution >= 4 is 21.6 Å². The highest BCUT2D eigenvalue weighted by Crippen LogP contribution is 2.24. The maximum absolute atomic E-state index is 12.4. The second-order valence-corrected chi connectivity index (χ2v) is 7.86. The smallest absolute Gasteiger partial charge is 0.240 e. The molecule has 0 radical (unpaired) electrons. The van der Waals surface area contributed by atoms with Gasteiger partial charge in [-0.1, -0.05) is 11.6 Å². The van der Waals surface area contributed by atoms with Gasteiger partial charge in [-0.2, -0.15) is 0 Å². The Labute approximate surface area is 146 Å². The quantitative estimate of drug-likeness (QED) is 0.878. The molecule has 0 spiro atoms. The highest BCUT2D eigenvalue weighted by atomic mass is 35.5. The van der Waals surface area contributed by atoms with E-state index in [2.05, 4.69) is 14.7 Å². The minimum atomic E-state index is -3.52. The molecule has 1 aromatic carbocycles. The van der Waals surface area contributed by atoms with Crippen LogP contribution in [0.1, 0.15) is 25.7 Å². The number of nitrogens with zero attached hydrogens (tertiary/aromatic N) is 2. The molecule has 0 amide bonds. The molecule has 0 atom stereocenters. The third-order valence-electron chi connectivity index (χ3n) is 3.95. The normalized spacial score (nSPS) is 21.4. The predicted molar refractivity (Wildman–Crippen MR) is 90.5 cm³/mol. The monoisotopic (exact) mass is 367 g/mol. The maximum atomic E-state index is 12.4. The SMILES string of the molecule is O=S(=O)(NC1CCC(Oc2cnccn2)CC1)c1ccc(Cl)cc1.